The lowest BCUT2D eigenvalue weighted by molar-refractivity contribution is -0.120. The van der Waals surface area contributed by atoms with Gasteiger partial charge >= 0.3 is 0 Å². The zero-order chi connectivity index (χ0) is 21.5. The third-order valence-electron chi connectivity index (χ3n) is 5.61. The quantitative estimate of drug-likeness (QED) is 0.682. The molecule has 0 aliphatic carbocycles. The van der Waals surface area contributed by atoms with E-state index < -0.39 is 10.0 Å². The number of nitrogens with one attached hydrogen (secondary N) is 1. The van der Waals surface area contributed by atoms with Crippen LogP contribution in [0.4, 0.5) is 5.69 Å². The molecule has 5 nitrogen and oxygen atoms in total. The molecule has 6 heteroatoms. The maximum Gasteiger partial charge on any atom is 0.265 e. The largest absolute Gasteiger partial charge is 0.348 e. The van der Waals surface area contributed by atoms with Crippen LogP contribution in [0, 0.1) is 13.8 Å². The number of rotatable bonds is 4. The van der Waals surface area contributed by atoms with Crippen LogP contribution in [0.2, 0.25) is 0 Å². The Bertz CT molecular complexity index is 1230. The highest BCUT2D eigenvalue weighted by Gasteiger charge is 2.35. The summed E-state index contributed by atoms with van der Waals surface area (Å²) in [6.07, 6.45) is 0. The Morgan fingerprint density at radius 2 is 1.60 bits per heavy atom. The second-order valence-electron chi connectivity index (χ2n) is 7.66. The number of amides is 1. The topological polar surface area (TPSA) is 66.5 Å². The highest BCUT2D eigenvalue weighted by atomic mass is 32.2. The second-order valence-corrected chi connectivity index (χ2v) is 9.49. The lowest BCUT2D eigenvalue weighted by Gasteiger charge is -2.31. The number of sulfonamides is 1. The molecule has 3 aromatic carbocycles. The molecule has 0 bridgehead atoms. The van der Waals surface area contributed by atoms with Crippen LogP contribution in [-0.2, 0) is 14.8 Å². The molecule has 1 amide bonds. The molecule has 1 aliphatic rings. The number of aryl methyl sites for hydroxylation is 2. The molecule has 0 unspecified atom stereocenters. The van der Waals surface area contributed by atoms with Crippen LogP contribution in [0.3, 0.4) is 0 Å². The molecule has 0 saturated carbocycles. The van der Waals surface area contributed by atoms with Crippen molar-refractivity contribution in [3.05, 3.63) is 83.4 Å². The molecule has 0 spiro atoms. The predicted octanol–water partition coefficient (Wildman–Crippen LogP) is 4.36. The van der Waals surface area contributed by atoms with Gasteiger partial charge in [-0.2, -0.15) is 0 Å². The minimum Gasteiger partial charge on any atom is -0.348 e. The van der Waals surface area contributed by atoms with Crippen LogP contribution < -0.4 is 9.62 Å². The summed E-state index contributed by atoms with van der Waals surface area (Å²) in [6.45, 7) is 5.69. The van der Waals surface area contributed by atoms with Gasteiger partial charge in [-0.3, -0.25) is 9.10 Å². The second kappa shape index (κ2) is 7.61. The minimum absolute atomic E-state index is 0.221. The van der Waals surface area contributed by atoms with E-state index in [-0.39, 0.29) is 23.4 Å². The van der Waals surface area contributed by atoms with E-state index in [1.165, 1.54) is 9.87 Å². The van der Waals surface area contributed by atoms with Crippen molar-refractivity contribution in [2.45, 2.75) is 31.7 Å². The van der Waals surface area contributed by atoms with Gasteiger partial charge in [-0.05, 0) is 49.6 Å². The lowest BCUT2D eigenvalue weighted by atomic mass is 10.0. The number of para-hydroxylation sites is 1. The van der Waals surface area contributed by atoms with Crippen LogP contribution in [-0.4, -0.2) is 20.9 Å². The van der Waals surface area contributed by atoms with Crippen molar-refractivity contribution in [1.82, 2.24) is 5.32 Å². The van der Waals surface area contributed by atoms with Gasteiger partial charge in [0.2, 0.25) is 5.91 Å². The molecule has 1 N–H and O–H groups in total. The smallest absolute Gasteiger partial charge is 0.265 e. The van der Waals surface area contributed by atoms with Crippen LogP contribution in [0.5, 0.6) is 0 Å². The summed E-state index contributed by atoms with van der Waals surface area (Å²) in [5, 5.41) is 2.94. The molecule has 154 valence electrons. The third-order valence-corrected chi connectivity index (χ3v) is 7.43. The fourth-order valence-corrected chi connectivity index (χ4v) is 5.44. The molecule has 0 saturated heterocycles. The molecule has 0 aromatic heterocycles. The van der Waals surface area contributed by atoms with E-state index in [1.54, 1.807) is 30.3 Å². The molecule has 4 rings (SSSR count). The highest BCUT2D eigenvalue weighted by Crippen LogP contribution is 2.42. The Morgan fingerprint density at radius 3 is 2.33 bits per heavy atom. The zero-order valence-corrected chi connectivity index (χ0v) is 18.0. The van der Waals surface area contributed by atoms with Crippen LogP contribution in [0.25, 0.3) is 11.1 Å². The van der Waals surface area contributed by atoms with Crippen molar-refractivity contribution in [1.29, 1.82) is 0 Å². The van der Waals surface area contributed by atoms with Crippen molar-refractivity contribution < 1.29 is 13.2 Å². The highest BCUT2D eigenvalue weighted by molar-refractivity contribution is 7.93. The maximum atomic E-state index is 13.3. The molecule has 0 radical (unpaired) electrons. The van der Waals surface area contributed by atoms with Crippen LogP contribution in [0.15, 0.2) is 71.6 Å². The van der Waals surface area contributed by atoms with Gasteiger partial charge in [0, 0.05) is 11.1 Å². The Hall–Kier alpha value is -3.12. The molecule has 0 fully saturated rings. The van der Waals surface area contributed by atoms with E-state index in [1.807, 2.05) is 57.2 Å². The average molecular weight is 421 g/mol. The van der Waals surface area contributed by atoms with Crippen molar-refractivity contribution in [3.8, 4) is 11.1 Å². The van der Waals surface area contributed by atoms with Gasteiger partial charge in [0.1, 0.15) is 6.54 Å². The summed E-state index contributed by atoms with van der Waals surface area (Å²) in [6, 6.07) is 20.0. The summed E-state index contributed by atoms with van der Waals surface area (Å²) in [5.74, 6) is -0.349. The lowest BCUT2D eigenvalue weighted by Crippen LogP contribution is -2.43. The fraction of sp³-hybridized carbons (Fsp3) is 0.208. The van der Waals surface area contributed by atoms with Gasteiger partial charge in [0.15, 0.2) is 0 Å². The van der Waals surface area contributed by atoms with Crippen LogP contribution >= 0.6 is 0 Å². The molecule has 1 atom stereocenters. The monoisotopic (exact) mass is 420 g/mol. The SMILES string of the molecule is Cc1ccc([C@H](C)NC(=O)CN2c3ccccc3-c3ccccc3S2(=O)=O)cc1C. The average Bonchev–Trinajstić information content (AvgIpc) is 2.73. The first-order chi connectivity index (χ1) is 14.3. The van der Waals surface area contributed by atoms with Crippen molar-refractivity contribution in [3.63, 3.8) is 0 Å². The predicted molar refractivity (Wildman–Crippen MR) is 119 cm³/mol. The van der Waals surface area contributed by atoms with Gasteiger partial charge in [0.05, 0.1) is 16.6 Å². The van der Waals surface area contributed by atoms with E-state index >= 15 is 0 Å². The third kappa shape index (κ3) is 3.48. The van der Waals surface area contributed by atoms with Crippen LogP contribution in [0.1, 0.15) is 29.7 Å². The molecule has 1 heterocycles. The minimum atomic E-state index is -3.83. The van der Waals surface area contributed by atoms with E-state index in [4.69, 9.17) is 0 Å². The molecule has 1 aliphatic heterocycles. The normalized spacial score (nSPS) is 15.1. The standard InChI is InChI=1S/C24H24N2O3S/c1-16-12-13-19(14-17(16)2)18(3)25-24(27)15-26-22-10-6-4-8-20(22)21-9-5-7-11-23(21)30(26,28)29/h4-14,18H,15H2,1-3H3,(H,25,27)/t18-/m0/s1. The van der Waals surface area contributed by atoms with Gasteiger partial charge < -0.3 is 5.32 Å². The number of carbonyl (C=O) groups is 1. The first-order valence-electron chi connectivity index (χ1n) is 9.86. The summed E-state index contributed by atoms with van der Waals surface area (Å²) in [5.41, 5.74) is 5.31. The first-order valence-corrected chi connectivity index (χ1v) is 11.3. The number of fused-ring (bicyclic) bond motifs is 3. The number of hydrogen-bond donors (Lipinski definition) is 1. The van der Waals surface area contributed by atoms with E-state index in [9.17, 15) is 13.2 Å². The summed E-state index contributed by atoms with van der Waals surface area (Å²) in [4.78, 5) is 13.1. The number of benzene rings is 3. The van der Waals surface area contributed by atoms with Gasteiger partial charge in [-0.15, -0.1) is 0 Å². The maximum absolute atomic E-state index is 13.3. The van der Waals surface area contributed by atoms with Gasteiger partial charge in [-0.1, -0.05) is 54.6 Å². The van der Waals surface area contributed by atoms with Gasteiger partial charge in [0.25, 0.3) is 10.0 Å². The van der Waals surface area contributed by atoms with Crippen molar-refractivity contribution in [2.24, 2.45) is 0 Å². The van der Waals surface area contributed by atoms with E-state index in [2.05, 4.69) is 5.32 Å². The Kier molecular flexibility index (Phi) is 5.12. The Morgan fingerprint density at radius 1 is 0.933 bits per heavy atom. The fourth-order valence-electron chi connectivity index (χ4n) is 3.79. The molecular formula is C24H24N2O3S. The molecular weight excluding hydrogens is 396 g/mol. The van der Waals surface area contributed by atoms with Crippen molar-refractivity contribution >= 4 is 21.6 Å². The molecule has 3 aromatic rings. The summed E-state index contributed by atoms with van der Waals surface area (Å²) in [7, 11) is -3.83. The zero-order valence-electron chi connectivity index (χ0n) is 17.2. The van der Waals surface area contributed by atoms with E-state index in [0.29, 0.717) is 11.3 Å². The molecule has 30 heavy (non-hydrogen) atoms. The number of hydrogen-bond acceptors (Lipinski definition) is 3. The summed E-state index contributed by atoms with van der Waals surface area (Å²) < 4.78 is 27.8. The van der Waals surface area contributed by atoms with E-state index in [0.717, 1.165) is 16.7 Å². The number of anilines is 1. The Labute approximate surface area is 177 Å². The first kappa shape index (κ1) is 20.2. The van der Waals surface area contributed by atoms with Gasteiger partial charge in [-0.25, -0.2) is 8.42 Å². The number of nitrogens with zero attached hydrogens (tertiary/aromatic N) is 1. The van der Waals surface area contributed by atoms with Crippen molar-refractivity contribution in [2.75, 3.05) is 10.8 Å². The Balaban J connectivity index is 1.62. The number of carbonyl (C=O) groups excluding carboxylic acids is 1. The summed E-state index contributed by atoms with van der Waals surface area (Å²) >= 11 is 0.